The zero-order valence-corrected chi connectivity index (χ0v) is 20.1. The SMILES string of the molecule is COC(=O)c1ccccc1-c1ccc(C2C(c3ccccn3)NC(=S)N2c2cc(Cl)ccc2O)o1. The lowest BCUT2D eigenvalue weighted by molar-refractivity contribution is 0.0601. The Morgan fingerprint density at radius 1 is 1.14 bits per heavy atom. The summed E-state index contributed by atoms with van der Waals surface area (Å²) in [5.74, 6) is 0.614. The van der Waals surface area contributed by atoms with Crippen molar-refractivity contribution in [3.05, 3.63) is 101 Å². The van der Waals surface area contributed by atoms with E-state index in [0.29, 0.717) is 38.5 Å². The lowest BCUT2D eigenvalue weighted by Crippen LogP contribution is -2.29. The molecule has 1 aliphatic rings. The number of carbonyl (C=O) groups is 1. The van der Waals surface area contributed by atoms with Crippen LogP contribution in [0.2, 0.25) is 5.02 Å². The fourth-order valence-corrected chi connectivity index (χ4v) is 4.74. The molecule has 0 spiro atoms. The Morgan fingerprint density at radius 3 is 2.71 bits per heavy atom. The number of ether oxygens (including phenoxy) is 1. The van der Waals surface area contributed by atoms with Crippen molar-refractivity contribution in [1.82, 2.24) is 10.3 Å². The van der Waals surface area contributed by atoms with Crippen LogP contribution >= 0.6 is 23.8 Å². The van der Waals surface area contributed by atoms with Crippen LogP contribution in [0.4, 0.5) is 5.69 Å². The summed E-state index contributed by atoms with van der Waals surface area (Å²) in [7, 11) is 1.34. The molecule has 1 fully saturated rings. The average Bonchev–Trinajstić information content (AvgIpc) is 3.50. The second-order valence-electron chi connectivity index (χ2n) is 7.87. The van der Waals surface area contributed by atoms with Crippen molar-refractivity contribution in [3.8, 4) is 17.1 Å². The van der Waals surface area contributed by atoms with Gasteiger partial charge >= 0.3 is 5.97 Å². The second-order valence-corrected chi connectivity index (χ2v) is 8.69. The van der Waals surface area contributed by atoms with E-state index in [2.05, 4.69) is 10.3 Å². The average molecular weight is 506 g/mol. The van der Waals surface area contributed by atoms with Crippen LogP contribution in [0, 0.1) is 0 Å². The highest BCUT2D eigenvalue weighted by atomic mass is 35.5. The first-order valence-electron chi connectivity index (χ1n) is 10.7. The Morgan fingerprint density at radius 2 is 1.94 bits per heavy atom. The molecule has 0 aliphatic carbocycles. The van der Waals surface area contributed by atoms with E-state index >= 15 is 0 Å². The fourth-order valence-electron chi connectivity index (χ4n) is 4.24. The van der Waals surface area contributed by atoms with E-state index in [1.54, 1.807) is 47.5 Å². The number of halogens is 1. The number of benzene rings is 2. The number of methoxy groups -OCH3 is 1. The molecule has 4 aromatic rings. The Balaban J connectivity index is 1.64. The molecular weight excluding hydrogens is 486 g/mol. The smallest absolute Gasteiger partial charge is 0.338 e. The van der Waals surface area contributed by atoms with Gasteiger partial charge in [0.2, 0.25) is 0 Å². The molecule has 0 bridgehead atoms. The lowest BCUT2D eigenvalue weighted by atomic mass is 10.0. The summed E-state index contributed by atoms with van der Waals surface area (Å²) in [5.41, 5.74) is 2.18. The number of phenolic OH excluding ortho intramolecular Hbond substituents is 1. The minimum atomic E-state index is -0.499. The van der Waals surface area contributed by atoms with Crippen LogP contribution in [0.3, 0.4) is 0 Å². The molecule has 2 atom stereocenters. The molecule has 176 valence electrons. The standard InChI is InChI=1S/C26H20ClN3O4S/c1-33-25(32)17-7-3-2-6-16(17)21-11-12-22(34-21)24-23(18-8-4-5-13-28-18)29-26(35)30(24)19-14-15(27)9-10-20(19)31/h2-14,23-24,31H,1H3,(H,29,35). The number of anilines is 1. The van der Waals surface area contributed by atoms with Gasteiger partial charge in [-0.05, 0) is 60.7 Å². The van der Waals surface area contributed by atoms with E-state index in [1.165, 1.54) is 13.2 Å². The van der Waals surface area contributed by atoms with Crippen LogP contribution in [-0.4, -0.2) is 28.3 Å². The van der Waals surface area contributed by atoms with Gasteiger partial charge in [0.1, 0.15) is 23.3 Å². The highest BCUT2D eigenvalue weighted by Crippen LogP contribution is 2.46. The van der Waals surface area contributed by atoms with Gasteiger partial charge in [-0.2, -0.15) is 0 Å². The van der Waals surface area contributed by atoms with Crippen LogP contribution in [0.1, 0.15) is 33.9 Å². The van der Waals surface area contributed by atoms with Crippen molar-refractivity contribution in [2.75, 3.05) is 12.0 Å². The minimum Gasteiger partial charge on any atom is -0.506 e. The topological polar surface area (TPSA) is 87.8 Å². The molecule has 0 amide bonds. The van der Waals surface area contributed by atoms with E-state index < -0.39 is 12.0 Å². The first-order chi connectivity index (χ1) is 17.0. The quantitative estimate of drug-likeness (QED) is 0.265. The maximum Gasteiger partial charge on any atom is 0.338 e. The summed E-state index contributed by atoms with van der Waals surface area (Å²) in [4.78, 5) is 18.6. The van der Waals surface area contributed by atoms with Crippen molar-refractivity contribution in [3.63, 3.8) is 0 Å². The van der Waals surface area contributed by atoms with Crippen molar-refractivity contribution in [2.45, 2.75) is 12.1 Å². The Bertz CT molecular complexity index is 1410. The highest BCUT2D eigenvalue weighted by molar-refractivity contribution is 7.80. The molecule has 2 N–H and O–H groups in total. The minimum absolute atomic E-state index is 0.0213. The molecule has 7 nitrogen and oxygen atoms in total. The maximum atomic E-state index is 12.3. The van der Waals surface area contributed by atoms with E-state index in [1.807, 2.05) is 30.3 Å². The number of nitrogens with zero attached hydrogens (tertiary/aromatic N) is 2. The van der Waals surface area contributed by atoms with Gasteiger partial charge in [0.25, 0.3) is 0 Å². The Labute approximate surface area is 211 Å². The van der Waals surface area contributed by atoms with Crippen molar-refractivity contribution in [1.29, 1.82) is 0 Å². The number of hydrogen-bond donors (Lipinski definition) is 2. The fraction of sp³-hybridized carbons (Fsp3) is 0.115. The molecule has 2 unspecified atom stereocenters. The Hall–Kier alpha value is -3.88. The normalized spacial score (nSPS) is 17.3. The largest absolute Gasteiger partial charge is 0.506 e. The summed E-state index contributed by atoms with van der Waals surface area (Å²) in [6, 6.07) is 20.2. The monoisotopic (exact) mass is 505 g/mol. The molecule has 9 heteroatoms. The Kier molecular flexibility index (Phi) is 6.15. The number of esters is 1. The van der Waals surface area contributed by atoms with Crippen LogP contribution in [-0.2, 0) is 4.74 Å². The predicted octanol–water partition coefficient (Wildman–Crippen LogP) is 5.66. The maximum absolute atomic E-state index is 12.3. The highest BCUT2D eigenvalue weighted by Gasteiger charge is 2.43. The van der Waals surface area contributed by atoms with E-state index in [0.717, 1.165) is 5.69 Å². The van der Waals surface area contributed by atoms with E-state index in [9.17, 15) is 9.90 Å². The lowest BCUT2D eigenvalue weighted by Gasteiger charge is -2.26. The number of furan rings is 1. The number of nitrogens with one attached hydrogen (secondary N) is 1. The van der Waals surface area contributed by atoms with Gasteiger partial charge in [-0.1, -0.05) is 35.9 Å². The number of carbonyl (C=O) groups excluding carboxylic acids is 1. The van der Waals surface area contributed by atoms with Crippen LogP contribution in [0.5, 0.6) is 5.75 Å². The van der Waals surface area contributed by atoms with Gasteiger partial charge in [0.15, 0.2) is 5.11 Å². The van der Waals surface area contributed by atoms with Gasteiger partial charge in [0, 0.05) is 16.8 Å². The number of aromatic nitrogens is 1. The van der Waals surface area contributed by atoms with Crippen molar-refractivity contribution in [2.24, 2.45) is 0 Å². The molecule has 0 radical (unpaired) electrons. The molecular formula is C26H20ClN3O4S. The zero-order valence-electron chi connectivity index (χ0n) is 18.5. The van der Waals surface area contributed by atoms with Crippen molar-refractivity contribution >= 4 is 40.6 Å². The van der Waals surface area contributed by atoms with E-state index in [4.69, 9.17) is 33.0 Å². The molecule has 0 saturated carbocycles. The third-order valence-corrected chi connectivity index (χ3v) is 6.36. The van der Waals surface area contributed by atoms with E-state index in [-0.39, 0.29) is 11.8 Å². The number of phenols is 1. The first-order valence-corrected chi connectivity index (χ1v) is 11.5. The summed E-state index contributed by atoms with van der Waals surface area (Å²) in [5, 5.41) is 14.8. The van der Waals surface area contributed by atoms with Crippen LogP contribution in [0.15, 0.2) is 83.4 Å². The van der Waals surface area contributed by atoms with Crippen molar-refractivity contribution < 1.29 is 19.1 Å². The molecule has 1 saturated heterocycles. The number of hydrogen-bond acceptors (Lipinski definition) is 6. The predicted molar refractivity (Wildman–Crippen MR) is 137 cm³/mol. The van der Waals surface area contributed by atoms with Gasteiger partial charge in [-0.25, -0.2) is 4.79 Å². The summed E-state index contributed by atoms with van der Waals surface area (Å²) in [6.45, 7) is 0. The molecule has 2 aromatic heterocycles. The number of rotatable bonds is 5. The first kappa shape index (κ1) is 22.9. The third kappa shape index (κ3) is 4.22. The number of pyridine rings is 1. The molecule has 5 rings (SSSR count). The van der Waals surface area contributed by atoms with Crippen LogP contribution < -0.4 is 10.2 Å². The molecule has 1 aliphatic heterocycles. The van der Waals surface area contributed by atoms with Gasteiger partial charge in [-0.3, -0.25) is 4.98 Å². The zero-order chi connectivity index (χ0) is 24.5. The summed E-state index contributed by atoms with van der Waals surface area (Å²) in [6.07, 6.45) is 1.71. The third-order valence-electron chi connectivity index (χ3n) is 5.81. The van der Waals surface area contributed by atoms with Gasteiger partial charge < -0.3 is 24.5 Å². The second kappa shape index (κ2) is 9.40. The summed E-state index contributed by atoms with van der Waals surface area (Å²) >= 11 is 11.9. The summed E-state index contributed by atoms with van der Waals surface area (Å²) < 4.78 is 11.2. The van der Waals surface area contributed by atoms with Crippen LogP contribution in [0.25, 0.3) is 11.3 Å². The molecule has 3 heterocycles. The van der Waals surface area contributed by atoms with Gasteiger partial charge in [0.05, 0.1) is 30.1 Å². The molecule has 2 aromatic carbocycles. The number of thiocarbonyl (C=S) groups is 1. The molecule has 35 heavy (non-hydrogen) atoms. The van der Waals surface area contributed by atoms with Gasteiger partial charge in [-0.15, -0.1) is 0 Å². The number of aromatic hydroxyl groups is 1.